The lowest BCUT2D eigenvalue weighted by Crippen LogP contribution is -2.46. The van der Waals surface area contributed by atoms with E-state index < -0.39 is 0 Å². The van der Waals surface area contributed by atoms with Crippen LogP contribution in [-0.2, 0) is 4.79 Å². The normalized spacial score (nSPS) is 12.0. The van der Waals surface area contributed by atoms with Crippen molar-refractivity contribution < 1.29 is 4.79 Å². The number of rotatable bonds is 7. The van der Waals surface area contributed by atoms with Gasteiger partial charge in [0.05, 0.1) is 5.75 Å². The van der Waals surface area contributed by atoms with E-state index in [2.05, 4.69) is 55.4 Å². The summed E-state index contributed by atoms with van der Waals surface area (Å²) in [5.74, 6) is 0.361. The van der Waals surface area contributed by atoms with E-state index in [1.807, 2.05) is 30.3 Å². The molecule has 1 amide bonds. The van der Waals surface area contributed by atoms with Crippen molar-refractivity contribution in [3.63, 3.8) is 0 Å². The summed E-state index contributed by atoms with van der Waals surface area (Å²) >= 11 is 2.86. The molecule has 1 heterocycles. The molecule has 0 aliphatic carbocycles. The smallest absolute Gasteiger partial charge is 0.230 e. The van der Waals surface area contributed by atoms with Crippen LogP contribution in [0.4, 0.5) is 10.8 Å². The SMILES string of the molecule is CC(C)(C)CC(C)(C)NC(=O)CSc1nnc(Nc2ccccc2)s1. The molecule has 0 spiro atoms. The lowest BCUT2D eigenvalue weighted by atomic mass is 9.82. The zero-order valence-corrected chi connectivity index (χ0v) is 17.1. The second-order valence-corrected chi connectivity index (χ2v) is 10.0. The van der Waals surface area contributed by atoms with E-state index in [-0.39, 0.29) is 16.9 Å². The number of anilines is 2. The number of aromatic nitrogens is 2. The molecule has 1 aromatic carbocycles. The van der Waals surface area contributed by atoms with Crippen molar-refractivity contribution in [3.8, 4) is 0 Å². The Morgan fingerprint density at radius 3 is 2.44 bits per heavy atom. The Morgan fingerprint density at radius 1 is 1.12 bits per heavy atom. The molecule has 0 radical (unpaired) electrons. The van der Waals surface area contributed by atoms with Gasteiger partial charge in [0.15, 0.2) is 4.34 Å². The number of nitrogens with zero attached hydrogens (tertiary/aromatic N) is 2. The third-order valence-corrected chi connectivity index (χ3v) is 5.18. The summed E-state index contributed by atoms with van der Waals surface area (Å²) in [7, 11) is 0. The molecule has 0 bridgehead atoms. The molecule has 0 aliphatic heterocycles. The van der Waals surface area contributed by atoms with E-state index in [0.717, 1.165) is 21.6 Å². The Hall–Kier alpha value is -1.60. The maximum Gasteiger partial charge on any atom is 0.230 e. The molecule has 2 N–H and O–H groups in total. The minimum absolute atomic E-state index is 0.0204. The molecule has 0 unspecified atom stereocenters. The molecule has 0 atom stereocenters. The Morgan fingerprint density at radius 2 is 1.80 bits per heavy atom. The van der Waals surface area contributed by atoms with Crippen molar-refractivity contribution in [1.29, 1.82) is 0 Å². The largest absolute Gasteiger partial charge is 0.350 e. The Labute approximate surface area is 158 Å². The molecule has 0 saturated carbocycles. The zero-order valence-electron chi connectivity index (χ0n) is 15.4. The fourth-order valence-electron chi connectivity index (χ4n) is 2.87. The molecule has 0 saturated heterocycles. The van der Waals surface area contributed by atoms with Crippen molar-refractivity contribution in [2.75, 3.05) is 11.1 Å². The molecule has 25 heavy (non-hydrogen) atoms. The van der Waals surface area contributed by atoms with Gasteiger partial charge in [-0.05, 0) is 37.8 Å². The highest BCUT2D eigenvalue weighted by atomic mass is 32.2. The van der Waals surface area contributed by atoms with Crippen molar-refractivity contribution in [3.05, 3.63) is 30.3 Å². The molecule has 2 rings (SSSR count). The van der Waals surface area contributed by atoms with Crippen LogP contribution in [0, 0.1) is 5.41 Å². The Kier molecular flexibility index (Phi) is 6.46. The number of thioether (sulfide) groups is 1. The van der Waals surface area contributed by atoms with Crippen LogP contribution in [0.1, 0.15) is 41.0 Å². The number of amides is 1. The quantitative estimate of drug-likeness (QED) is 0.683. The number of para-hydroxylation sites is 1. The second-order valence-electron chi connectivity index (χ2n) is 7.82. The number of benzene rings is 1. The molecular weight excluding hydrogens is 352 g/mol. The summed E-state index contributed by atoms with van der Waals surface area (Å²) in [5, 5.41) is 15.3. The summed E-state index contributed by atoms with van der Waals surface area (Å²) in [6.45, 7) is 10.7. The molecule has 7 heteroatoms. The minimum atomic E-state index is -0.225. The van der Waals surface area contributed by atoms with E-state index in [1.165, 1.54) is 23.1 Å². The predicted molar refractivity (Wildman–Crippen MR) is 107 cm³/mol. The topological polar surface area (TPSA) is 66.9 Å². The fourth-order valence-corrected chi connectivity index (χ4v) is 4.45. The minimum Gasteiger partial charge on any atom is -0.350 e. The van der Waals surface area contributed by atoms with Crippen LogP contribution >= 0.6 is 23.1 Å². The standard InChI is InChI=1S/C18H26N4OS2/c1-17(2,3)12-18(4,5)20-14(23)11-24-16-22-21-15(25-16)19-13-9-7-6-8-10-13/h6-10H,11-12H2,1-5H3,(H,19,21)(H,20,23). The third kappa shape index (κ3) is 7.44. The Balaban J connectivity index is 1.82. The number of hydrogen-bond donors (Lipinski definition) is 2. The zero-order chi connectivity index (χ0) is 18.5. The predicted octanol–water partition coefficient (Wildman–Crippen LogP) is 4.70. The monoisotopic (exact) mass is 378 g/mol. The van der Waals surface area contributed by atoms with Crippen LogP contribution in [0.15, 0.2) is 34.7 Å². The average molecular weight is 379 g/mol. The highest BCUT2D eigenvalue weighted by molar-refractivity contribution is 8.01. The van der Waals surface area contributed by atoms with E-state index >= 15 is 0 Å². The first kappa shape index (κ1) is 19.7. The van der Waals surface area contributed by atoms with Crippen molar-refractivity contribution >= 4 is 39.8 Å². The van der Waals surface area contributed by atoms with Gasteiger partial charge in [0.25, 0.3) is 0 Å². The average Bonchev–Trinajstić information content (AvgIpc) is 2.90. The van der Waals surface area contributed by atoms with Gasteiger partial charge < -0.3 is 10.6 Å². The summed E-state index contributed by atoms with van der Waals surface area (Å²) in [6, 6.07) is 9.83. The number of nitrogens with one attached hydrogen (secondary N) is 2. The van der Waals surface area contributed by atoms with Crippen LogP contribution in [0.3, 0.4) is 0 Å². The third-order valence-electron chi connectivity index (χ3n) is 3.21. The number of carbonyl (C=O) groups is 1. The molecule has 0 aliphatic rings. The van der Waals surface area contributed by atoms with Crippen LogP contribution in [0.25, 0.3) is 0 Å². The number of carbonyl (C=O) groups excluding carboxylic acids is 1. The van der Waals surface area contributed by atoms with Gasteiger partial charge >= 0.3 is 0 Å². The molecular formula is C18H26N4OS2. The van der Waals surface area contributed by atoms with Gasteiger partial charge in [-0.2, -0.15) is 0 Å². The molecule has 0 fully saturated rings. The van der Waals surface area contributed by atoms with E-state index in [9.17, 15) is 4.79 Å². The molecule has 2 aromatic rings. The molecule has 5 nitrogen and oxygen atoms in total. The van der Waals surface area contributed by atoms with Gasteiger partial charge in [0, 0.05) is 11.2 Å². The first-order chi connectivity index (χ1) is 11.6. The van der Waals surface area contributed by atoms with Gasteiger partial charge in [0.1, 0.15) is 0 Å². The van der Waals surface area contributed by atoms with Crippen LogP contribution in [0.2, 0.25) is 0 Å². The van der Waals surface area contributed by atoms with Crippen molar-refractivity contribution in [2.24, 2.45) is 5.41 Å². The van der Waals surface area contributed by atoms with Crippen molar-refractivity contribution in [1.82, 2.24) is 15.5 Å². The molecule has 136 valence electrons. The maximum atomic E-state index is 12.2. The van der Waals surface area contributed by atoms with Gasteiger partial charge in [-0.1, -0.05) is 62.1 Å². The highest BCUT2D eigenvalue weighted by Crippen LogP contribution is 2.29. The summed E-state index contributed by atoms with van der Waals surface area (Å²) in [6.07, 6.45) is 0.917. The van der Waals surface area contributed by atoms with Crippen LogP contribution in [0.5, 0.6) is 0 Å². The number of hydrogen-bond acceptors (Lipinski definition) is 6. The second kappa shape index (κ2) is 8.19. The lowest BCUT2D eigenvalue weighted by molar-refractivity contribution is -0.120. The lowest BCUT2D eigenvalue weighted by Gasteiger charge is -2.33. The Bertz CT molecular complexity index is 693. The first-order valence-electron chi connectivity index (χ1n) is 8.22. The van der Waals surface area contributed by atoms with E-state index in [1.54, 1.807) is 0 Å². The first-order valence-corrected chi connectivity index (χ1v) is 10.0. The summed E-state index contributed by atoms with van der Waals surface area (Å²) < 4.78 is 0.780. The highest BCUT2D eigenvalue weighted by Gasteiger charge is 2.27. The van der Waals surface area contributed by atoms with E-state index in [4.69, 9.17) is 0 Å². The van der Waals surface area contributed by atoms with Crippen LogP contribution in [-0.4, -0.2) is 27.4 Å². The summed E-state index contributed by atoms with van der Waals surface area (Å²) in [5.41, 5.74) is 0.912. The molecule has 1 aromatic heterocycles. The maximum absolute atomic E-state index is 12.2. The van der Waals surface area contributed by atoms with Gasteiger partial charge in [-0.25, -0.2) is 0 Å². The van der Waals surface area contributed by atoms with Crippen LogP contribution < -0.4 is 10.6 Å². The van der Waals surface area contributed by atoms with Crippen molar-refractivity contribution in [2.45, 2.75) is 50.9 Å². The van der Waals surface area contributed by atoms with Gasteiger partial charge in [-0.3, -0.25) is 4.79 Å². The fraction of sp³-hybridized carbons (Fsp3) is 0.500. The van der Waals surface area contributed by atoms with E-state index in [0.29, 0.717) is 5.75 Å². The summed E-state index contributed by atoms with van der Waals surface area (Å²) in [4.78, 5) is 12.2. The van der Waals surface area contributed by atoms with Gasteiger partial charge in [0.2, 0.25) is 11.0 Å². The van der Waals surface area contributed by atoms with Gasteiger partial charge in [-0.15, -0.1) is 10.2 Å².